The molecule has 2 aliphatic heterocycles. The zero-order valence-electron chi connectivity index (χ0n) is 13.5. The van der Waals surface area contributed by atoms with Gasteiger partial charge in [0.2, 0.25) is 0 Å². The molecule has 108 valence electrons. The van der Waals surface area contributed by atoms with E-state index in [1.54, 1.807) is 0 Å². The average molecular weight is 268 g/mol. The normalized spacial score (nSPS) is 36.0. The van der Waals surface area contributed by atoms with Crippen LogP contribution in [0.2, 0.25) is 0 Å². The highest BCUT2D eigenvalue weighted by Crippen LogP contribution is 2.44. The van der Waals surface area contributed by atoms with Crippen molar-refractivity contribution in [3.8, 4) is 0 Å². The first-order valence-electron chi connectivity index (χ1n) is 7.15. The molecule has 2 fully saturated rings. The maximum atomic E-state index is 6.11. The number of hydrogen-bond acceptors (Lipinski definition) is 4. The van der Waals surface area contributed by atoms with Gasteiger partial charge < -0.3 is 18.6 Å². The lowest BCUT2D eigenvalue weighted by Crippen LogP contribution is -2.44. The Morgan fingerprint density at radius 3 is 1.37 bits per heavy atom. The second-order valence-electron chi connectivity index (χ2n) is 7.32. The molecular formula is C13H26B2O4. The molecule has 0 aromatic heterocycles. The van der Waals surface area contributed by atoms with Crippen molar-refractivity contribution < 1.29 is 18.6 Å². The number of hydrogen-bond donors (Lipinski definition) is 0. The summed E-state index contributed by atoms with van der Waals surface area (Å²) < 4.78 is 24.2. The molecule has 2 aliphatic rings. The standard InChI is InChI=1S/C13H26B2O4/c1-9-13(8)12(6,7)18-15(19-13)14-16-10(2,3)11(4,5)17-14/h9H2,1-8H3/t13-/m0/s1. The monoisotopic (exact) mass is 268 g/mol. The van der Waals surface area contributed by atoms with Gasteiger partial charge in [-0.3, -0.25) is 0 Å². The molecule has 4 nitrogen and oxygen atoms in total. The van der Waals surface area contributed by atoms with Gasteiger partial charge in [-0.25, -0.2) is 0 Å². The van der Waals surface area contributed by atoms with Gasteiger partial charge in [0.15, 0.2) is 0 Å². The molecule has 0 aliphatic carbocycles. The second-order valence-corrected chi connectivity index (χ2v) is 7.32. The third-order valence-corrected chi connectivity index (χ3v) is 5.23. The van der Waals surface area contributed by atoms with E-state index in [-0.39, 0.29) is 22.4 Å². The Hall–Kier alpha value is -0.0301. The van der Waals surface area contributed by atoms with E-state index >= 15 is 0 Å². The summed E-state index contributed by atoms with van der Waals surface area (Å²) >= 11 is 0. The molecule has 0 spiro atoms. The van der Waals surface area contributed by atoms with E-state index in [1.807, 2.05) is 27.7 Å². The van der Waals surface area contributed by atoms with Crippen molar-refractivity contribution in [1.29, 1.82) is 0 Å². The quantitative estimate of drug-likeness (QED) is 0.721. The Labute approximate surface area is 117 Å². The lowest BCUT2D eigenvalue weighted by molar-refractivity contribution is -0.0118. The van der Waals surface area contributed by atoms with Crippen LogP contribution in [0, 0.1) is 0 Å². The van der Waals surface area contributed by atoms with Gasteiger partial charge in [0.1, 0.15) is 0 Å². The maximum Gasteiger partial charge on any atom is 0.488 e. The highest BCUT2D eigenvalue weighted by atomic mass is 16.7. The van der Waals surface area contributed by atoms with E-state index in [1.165, 1.54) is 0 Å². The number of rotatable bonds is 2. The first-order chi connectivity index (χ1) is 8.44. The molecule has 0 aromatic carbocycles. The van der Waals surface area contributed by atoms with Crippen LogP contribution in [-0.2, 0) is 18.6 Å². The lowest BCUT2D eigenvalue weighted by Gasteiger charge is -2.35. The summed E-state index contributed by atoms with van der Waals surface area (Å²) in [4.78, 5) is 0. The molecule has 19 heavy (non-hydrogen) atoms. The Balaban J connectivity index is 2.15. The SMILES string of the molecule is CC[C@]1(C)OB(B2OC(C)(C)C(C)(C)O2)OC1(C)C. The Morgan fingerprint density at radius 2 is 1.00 bits per heavy atom. The molecule has 0 unspecified atom stereocenters. The zero-order valence-corrected chi connectivity index (χ0v) is 13.5. The largest absolute Gasteiger partial charge is 0.488 e. The molecule has 0 saturated carbocycles. The Kier molecular flexibility index (Phi) is 3.42. The molecule has 0 amide bonds. The van der Waals surface area contributed by atoms with Gasteiger partial charge in [0.05, 0.1) is 22.4 Å². The van der Waals surface area contributed by atoms with Gasteiger partial charge in [0, 0.05) is 0 Å². The Bertz CT molecular complexity index is 354. The molecule has 2 rings (SSSR count). The van der Waals surface area contributed by atoms with Crippen molar-refractivity contribution in [3.63, 3.8) is 0 Å². The van der Waals surface area contributed by atoms with Gasteiger partial charge in [-0.05, 0) is 54.9 Å². The van der Waals surface area contributed by atoms with Crippen LogP contribution < -0.4 is 0 Å². The molecule has 0 aromatic rings. The van der Waals surface area contributed by atoms with Crippen LogP contribution >= 0.6 is 0 Å². The average Bonchev–Trinajstić information content (AvgIpc) is 2.60. The van der Waals surface area contributed by atoms with E-state index in [0.29, 0.717) is 0 Å². The molecule has 0 bridgehead atoms. The fraction of sp³-hybridized carbons (Fsp3) is 1.00. The molecule has 2 heterocycles. The van der Waals surface area contributed by atoms with Gasteiger partial charge in [-0.1, -0.05) is 6.92 Å². The predicted octanol–water partition coefficient (Wildman–Crippen LogP) is 2.64. The van der Waals surface area contributed by atoms with Crippen LogP contribution in [0.5, 0.6) is 0 Å². The van der Waals surface area contributed by atoms with E-state index in [2.05, 4.69) is 27.7 Å². The summed E-state index contributed by atoms with van der Waals surface area (Å²) in [6.45, 7) is 16.4. The van der Waals surface area contributed by atoms with Crippen LogP contribution in [0.4, 0.5) is 0 Å². The van der Waals surface area contributed by atoms with Crippen LogP contribution in [0.15, 0.2) is 0 Å². The first kappa shape index (κ1) is 15.4. The van der Waals surface area contributed by atoms with Gasteiger partial charge in [-0.2, -0.15) is 0 Å². The first-order valence-corrected chi connectivity index (χ1v) is 7.15. The summed E-state index contributed by atoms with van der Waals surface area (Å²) in [7, 11) is -0.946. The van der Waals surface area contributed by atoms with Crippen LogP contribution in [0.25, 0.3) is 0 Å². The summed E-state index contributed by atoms with van der Waals surface area (Å²) in [5.41, 5.74) is -1.39. The highest BCUT2D eigenvalue weighted by molar-refractivity contribution is 7.11. The molecule has 2 saturated heterocycles. The summed E-state index contributed by atoms with van der Waals surface area (Å²) in [6.07, 6.45) is 0.885. The maximum absolute atomic E-state index is 6.11. The lowest BCUT2D eigenvalue weighted by atomic mass is 9.49. The highest BCUT2D eigenvalue weighted by Gasteiger charge is 2.64. The van der Waals surface area contributed by atoms with Crippen LogP contribution in [-0.4, -0.2) is 36.4 Å². The summed E-state index contributed by atoms with van der Waals surface area (Å²) in [5.74, 6) is 0. The van der Waals surface area contributed by atoms with Gasteiger partial charge in [-0.15, -0.1) is 0 Å². The summed E-state index contributed by atoms with van der Waals surface area (Å²) in [5, 5.41) is 0. The van der Waals surface area contributed by atoms with Crippen molar-refractivity contribution in [2.45, 2.75) is 84.2 Å². The van der Waals surface area contributed by atoms with E-state index < -0.39 is 14.0 Å². The minimum absolute atomic E-state index is 0.318. The Morgan fingerprint density at radius 1 is 0.632 bits per heavy atom. The smallest absolute Gasteiger partial charge is 0.405 e. The van der Waals surface area contributed by atoms with E-state index in [9.17, 15) is 0 Å². The molecular weight excluding hydrogens is 242 g/mol. The van der Waals surface area contributed by atoms with Gasteiger partial charge >= 0.3 is 14.0 Å². The van der Waals surface area contributed by atoms with Crippen molar-refractivity contribution >= 4 is 14.0 Å². The molecule has 6 heteroatoms. The van der Waals surface area contributed by atoms with Crippen molar-refractivity contribution in [2.75, 3.05) is 0 Å². The molecule has 0 radical (unpaired) electrons. The fourth-order valence-electron chi connectivity index (χ4n) is 2.46. The van der Waals surface area contributed by atoms with Crippen LogP contribution in [0.3, 0.4) is 0 Å². The van der Waals surface area contributed by atoms with Gasteiger partial charge in [0.25, 0.3) is 0 Å². The minimum Gasteiger partial charge on any atom is -0.405 e. The van der Waals surface area contributed by atoms with Crippen molar-refractivity contribution in [3.05, 3.63) is 0 Å². The topological polar surface area (TPSA) is 36.9 Å². The van der Waals surface area contributed by atoms with E-state index in [4.69, 9.17) is 18.6 Å². The van der Waals surface area contributed by atoms with E-state index in [0.717, 1.165) is 6.42 Å². The summed E-state index contributed by atoms with van der Waals surface area (Å²) in [6, 6.07) is 0. The third kappa shape index (κ3) is 2.27. The zero-order chi connectivity index (χ0) is 14.7. The van der Waals surface area contributed by atoms with Crippen molar-refractivity contribution in [2.24, 2.45) is 0 Å². The van der Waals surface area contributed by atoms with Crippen LogP contribution in [0.1, 0.15) is 61.8 Å². The van der Waals surface area contributed by atoms with Crippen molar-refractivity contribution in [1.82, 2.24) is 0 Å². The third-order valence-electron chi connectivity index (χ3n) is 5.23. The molecule has 0 N–H and O–H groups in total. The molecule has 1 atom stereocenters. The predicted molar refractivity (Wildman–Crippen MR) is 76.8 cm³/mol. The fourth-order valence-corrected chi connectivity index (χ4v) is 2.46. The second kappa shape index (κ2) is 4.23. The minimum atomic E-state index is -0.474.